The van der Waals surface area contributed by atoms with E-state index in [1.807, 2.05) is 6.07 Å². The highest BCUT2D eigenvalue weighted by atomic mass is 16.5. The minimum atomic E-state index is 0.449. The molecule has 104 valence electrons. The van der Waals surface area contributed by atoms with Crippen LogP contribution in [0.5, 0.6) is 5.75 Å². The second-order valence-corrected chi connectivity index (χ2v) is 5.33. The number of ether oxygens (including phenoxy) is 1. The van der Waals surface area contributed by atoms with Crippen LogP contribution in [0.25, 0.3) is 11.1 Å². The Morgan fingerprint density at radius 3 is 2.55 bits per heavy atom. The summed E-state index contributed by atoms with van der Waals surface area (Å²) < 4.78 is 5.87. The smallest absolute Gasteiger partial charge is 0.120 e. The molecule has 1 aliphatic carbocycles. The van der Waals surface area contributed by atoms with Crippen LogP contribution in [-0.4, -0.2) is 12.6 Å². The molecular formula is C18H21NO. The Bertz CT molecular complexity index is 575. The lowest BCUT2D eigenvalue weighted by atomic mass is 10.0. The van der Waals surface area contributed by atoms with Gasteiger partial charge in [0.05, 0.1) is 6.10 Å². The maximum Gasteiger partial charge on any atom is 0.120 e. The van der Waals surface area contributed by atoms with Crippen LogP contribution in [0.2, 0.25) is 0 Å². The van der Waals surface area contributed by atoms with Crippen LogP contribution < -0.4 is 10.1 Å². The van der Waals surface area contributed by atoms with Gasteiger partial charge in [-0.2, -0.15) is 0 Å². The predicted octanol–water partition coefficient (Wildman–Crippen LogP) is 4.00. The summed E-state index contributed by atoms with van der Waals surface area (Å²) in [6.07, 6.45) is 2.84. The fraction of sp³-hybridized carbons (Fsp3) is 0.333. The van der Waals surface area contributed by atoms with E-state index in [4.69, 9.17) is 4.74 Å². The van der Waals surface area contributed by atoms with Gasteiger partial charge in [-0.05, 0) is 54.3 Å². The Hall–Kier alpha value is -1.80. The summed E-state index contributed by atoms with van der Waals surface area (Å²) in [6, 6.07) is 17.1. The van der Waals surface area contributed by atoms with Crippen LogP contribution in [0.4, 0.5) is 0 Å². The lowest BCUT2D eigenvalue weighted by Gasteiger charge is -2.09. The molecule has 0 bridgehead atoms. The zero-order chi connectivity index (χ0) is 13.8. The molecule has 1 fully saturated rings. The molecule has 20 heavy (non-hydrogen) atoms. The summed E-state index contributed by atoms with van der Waals surface area (Å²) in [5.74, 6) is 0.988. The van der Waals surface area contributed by atoms with E-state index in [-0.39, 0.29) is 0 Å². The van der Waals surface area contributed by atoms with Gasteiger partial charge in [0.15, 0.2) is 0 Å². The molecule has 0 heterocycles. The quantitative estimate of drug-likeness (QED) is 0.854. The Morgan fingerprint density at radius 1 is 1.05 bits per heavy atom. The zero-order valence-corrected chi connectivity index (χ0v) is 11.9. The molecule has 0 aliphatic heterocycles. The average Bonchev–Trinajstić information content (AvgIpc) is 3.30. The van der Waals surface area contributed by atoms with Gasteiger partial charge in [0.2, 0.25) is 0 Å². The predicted molar refractivity (Wildman–Crippen MR) is 82.9 cm³/mol. The van der Waals surface area contributed by atoms with Crippen molar-refractivity contribution in [2.75, 3.05) is 6.54 Å². The van der Waals surface area contributed by atoms with Crippen molar-refractivity contribution in [3.05, 3.63) is 54.1 Å². The largest absolute Gasteiger partial charge is 0.490 e. The Morgan fingerprint density at radius 2 is 1.80 bits per heavy atom. The van der Waals surface area contributed by atoms with Crippen molar-refractivity contribution < 1.29 is 4.74 Å². The normalized spacial score (nSPS) is 14.2. The molecular weight excluding hydrogens is 246 g/mol. The van der Waals surface area contributed by atoms with Gasteiger partial charge in [-0.25, -0.2) is 0 Å². The van der Waals surface area contributed by atoms with E-state index in [1.165, 1.54) is 29.5 Å². The van der Waals surface area contributed by atoms with E-state index in [2.05, 4.69) is 54.7 Å². The van der Waals surface area contributed by atoms with Gasteiger partial charge in [-0.1, -0.05) is 37.3 Å². The molecule has 0 unspecified atom stereocenters. The molecule has 0 atom stereocenters. The first-order chi connectivity index (χ1) is 9.85. The third-order valence-electron chi connectivity index (χ3n) is 3.50. The summed E-state index contributed by atoms with van der Waals surface area (Å²) >= 11 is 0. The maximum absolute atomic E-state index is 5.87. The molecule has 0 radical (unpaired) electrons. The standard InChI is InChI=1S/C18H21NO/c1-2-19-13-14-5-3-6-15(11-14)16-7-4-8-18(12-16)20-17-9-10-17/h3-8,11-12,17,19H,2,9-10,13H2,1H3. The van der Waals surface area contributed by atoms with E-state index in [1.54, 1.807) is 0 Å². The third kappa shape index (κ3) is 3.40. The summed E-state index contributed by atoms with van der Waals surface area (Å²) in [6.45, 7) is 4.04. The summed E-state index contributed by atoms with van der Waals surface area (Å²) in [4.78, 5) is 0. The second-order valence-electron chi connectivity index (χ2n) is 5.33. The summed E-state index contributed by atoms with van der Waals surface area (Å²) in [5, 5.41) is 3.36. The van der Waals surface area contributed by atoms with Gasteiger partial charge >= 0.3 is 0 Å². The molecule has 1 saturated carbocycles. The molecule has 2 nitrogen and oxygen atoms in total. The molecule has 0 aromatic heterocycles. The molecule has 2 aromatic carbocycles. The van der Waals surface area contributed by atoms with Crippen molar-refractivity contribution >= 4 is 0 Å². The lowest BCUT2D eigenvalue weighted by Crippen LogP contribution is -2.11. The van der Waals surface area contributed by atoms with E-state index in [0.717, 1.165) is 18.8 Å². The van der Waals surface area contributed by atoms with Gasteiger partial charge in [0.1, 0.15) is 5.75 Å². The first-order valence-electron chi connectivity index (χ1n) is 7.42. The monoisotopic (exact) mass is 267 g/mol. The van der Waals surface area contributed by atoms with Crippen LogP contribution in [0.3, 0.4) is 0 Å². The third-order valence-corrected chi connectivity index (χ3v) is 3.50. The van der Waals surface area contributed by atoms with E-state index >= 15 is 0 Å². The second kappa shape index (κ2) is 6.10. The highest BCUT2D eigenvalue weighted by molar-refractivity contribution is 5.65. The number of nitrogens with one attached hydrogen (secondary N) is 1. The molecule has 0 spiro atoms. The van der Waals surface area contributed by atoms with E-state index in [9.17, 15) is 0 Å². The molecule has 2 aromatic rings. The van der Waals surface area contributed by atoms with Crippen LogP contribution >= 0.6 is 0 Å². The first-order valence-corrected chi connectivity index (χ1v) is 7.42. The van der Waals surface area contributed by atoms with Gasteiger partial charge in [-0.3, -0.25) is 0 Å². The zero-order valence-electron chi connectivity index (χ0n) is 11.9. The SMILES string of the molecule is CCNCc1cccc(-c2cccc(OC3CC3)c2)c1. The Kier molecular flexibility index (Phi) is 4.03. The fourth-order valence-corrected chi connectivity index (χ4v) is 2.26. The average molecular weight is 267 g/mol. The highest BCUT2D eigenvalue weighted by Gasteiger charge is 2.23. The topological polar surface area (TPSA) is 21.3 Å². The molecule has 0 amide bonds. The van der Waals surface area contributed by atoms with Crippen LogP contribution in [0.1, 0.15) is 25.3 Å². The molecule has 3 rings (SSSR count). The minimum absolute atomic E-state index is 0.449. The number of hydrogen-bond acceptors (Lipinski definition) is 2. The van der Waals surface area contributed by atoms with E-state index < -0.39 is 0 Å². The number of rotatable bonds is 6. The van der Waals surface area contributed by atoms with E-state index in [0.29, 0.717) is 6.10 Å². The van der Waals surface area contributed by atoms with Crippen molar-refractivity contribution in [3.8, 4) is 16.9 Å². The maximum atomic E-state index is 5.87. The lowest BCUT2D eigenvalue weighted by molar-refractivity contribution is 0.303. The summed E-state index contributed by atoms with van der Waals surface area (Å²) in [7, 11) is 0. The molecule has 1 N–H and O–H groups in total. The summed E-state index contributed by atoms with van der Waals surface area (Å²) in [5.41, 5.74) is 3.79. The van der Waals surface area contributed by atoms with Crippen LogP contribution in [0, 0.1) is 0 Å². The van der Waals surface area contributed by atoms with Gasteiger partial charge in [0, 0.05) is 6.54 Å². The van der Waals surface area contributed by atoms with Crippen molar-refractivity contribution in [2.24, 2.45) is 0 Å². The van der Waals surface area contributed by atoms with Crippen LogP contribution in [-0.2, 0) is 6.54 Å². The first kappa shape index (κ1) is 13.2. The number of benzene rings is 2. The van der Waals surface area contributed by atoms with Crippen molar-refractivity contribution in [2.45, 2.75) is 32.4 Å². The van der Waals surface area contributed by atoms with Crippen molar-refractivity contribution in [3.63, 3.8) is 0 Å². The Balaban J connectivity index is 1.80. The van der Waals surface area contributed by atoms with Crippen molar-refractivity contribution in [1.82, 2.24) is 5.32 Å². The van der Waals surface area contributed by atoms with Crippen LogP contribution in [0.15, 0.2) is 48.5 Å². The molecule has 1 aliphatic rings. The van der Waals surface area contributed by atoms with Gasteiger partial charge in [-0.15, -0.1) is 0 Å². The van der Waals surface area contributed by atoms with Crippen molar-refractivity contribution in [1.29, 1.82) is 0 Å². The number of hydrogen-bond donors (Lipinski definition) is 1. The fourth-order valence-electron chi connectivity index (χ4n) is 2.26. The van der Waals surface area contributed by atoms with Gasteiger partial charge in [0.25, 0.3) is 0 Å². The Labute approximate surface area is 120 Å². The highest BCUT2D eigenvalue weighted by Crippen LogP contribution is 2.30. The van der Waals surface area contributed by atoms with Gasteiger partial charge < -0.3 is 10.1 Å². The molecule has 0 saturated heterocycles. The minimum Gasteiger partial charge on any atom is -0.490 e. The molecule has 2 heteroatoms.